The van der Waals surface area contributed by atoms with Crippen LogP contribution in [0.3, 0.4) is 0 Å². The molecule has 4 nitrogen and oxygen atoms in total. The lowest BCUT2D eigenvalue weighted by atomic mass is 10.2. The van der Waals surface area contributed by atoms with Crippen LogP contribution in [0.2, 0.25) is 0 Å². The smallest absolute Gasteiger partial charge is 0.231 e. The topological polar surface area (TPSA) is 55.4 Å². The number of amides is 1. The number of ether oxygens (including phenoxy) is 1. The molecule has 0 bridgehead atoms. The van der Waals surface area contributed by atoms with Crippen molar-refractivity contribution in [3.63, 3.8) is 0 Å². The summed E-state index contributed by atoms with van der Waals surface area (Å²) in [6.45, 7) is 1.31. The van der Waals surface area contributed by atoms with Crippen LogP contribution in [0.1, 0.15) is 13.3 Å². The maximum absolute atomic E-state index is 13.2. The number of methoxy groups -OCH3 is 1. The Kier molecular flexibility index (Phi) is 3.99. The molecule has 0 aromatic heterocycles. The van der Waals surface area contributed by atoms with Crippen molar-refractivity contribution in [3.05, 3.63) is 24.0 Å². The number of rotatable bonds is 4. The van der Waals surface area contributed by atoms with Crippen LogP contribution < -0.4 is 10.1 Å². The van der Waals surface area contributed by atoms with E-state index in [0.29, 0.717) is 5.69 Å². The minimum atomic E-state index is -0.567. The number of anilines is 1. The van der Waals surface area contributed by atoms with Crippen LogP contribution in [0.25, 0.3) is 0 Å². The van der Waals surface area contributed by atoms with Gasteiger partial charge < -0.3 is 10.1 Å². The van der Waals surface area contributed by atoms with Gasteiger partial charge in [-0.05, 0) is 19.1 Å². The molecule has 86 valence electrons. The predicted molar refractivity (Wildman–Crippen MR) is 56.9 cm³/mol. The molecular formula is C11H12FNO3. The zero-order valence-electron chi connectivity index (χ0n) is 9.04. The van der Waals surface area contributed by atoms with E-state index in [0.717, 1.165) is 6.07 Å². The molecule has 0 unspecified atom stereocenters. The molecule has 1 aromatic rings. The third-order valence-corrected chi connectivity index (χ3v) is 1.85. The number of halogens is 1. The molecule has 0 heterocycles. The molecule has 0 aliphatic heterocycles. The van der Waals surface area contributed by atoms with Crippen LogP contribution in [-0.2, 0) is 9.59 Å². The molecule has 5 heteroatoms. The van der Waals surface area contributed by atoms with Crippen molar-refractivity contribution in [1.29, 1.82) is 0 Å². The summed E-state index contributed by atoms with van der Waals surface area (Å²) in [5.74, 6) is -1.17. The normalized spacial score (nSPS) is 9.69. The van der Waals surface area contributed by atoms with Crippen molar-refractivity contribution in [3.8, 4) is 5.75 Å². The summed E-state index contributed by atoms with van der Waals surface area (Å²) in [5, 5.41) is 2.41. The highest BCUT2D eigenvalue weighted by Gasteiger charge is 2.08. The molecule has 16 heavy (non-hydrogen) atoms. The molecule has 1 amide bonds. The quantitative estimate of drug-likeness (QED) is 0.794. The molecule has 0 aliphatic carbocycles. The average molecular weight is 225 g/mol. The summed E-state index contributed by atoms with van der Waals surface area (Å²) < 4.78 is 17.9. The Morgan fingerprint density at radius 1 is 1.44 bits per heavy atom. The van der Waals surface area contributed by atoms with E-state index >= 15 is 0 Å². The summed E-state index contributed by atoms with van der Waals surface area (Å²) >= 11 is 0. The van der Waals surface area contributed by atoms with Gasteiger partial charge in [0.25, 0.3) is 0 Å². The highest BCUT2D eigenvalue weighted by molar-refractivity contribution is 6.03. The third-order valence-electron chi connectivity index (χ3n) is 1.85. The van der Waals surface area contributed by atoms with E-state index in [9.17, 15) is 14.0 Å². The van der Waals surface area contributed by atoms with Crippen LogP contribution in [0, 0.1) is 5.82 Å². The van der Waals surface area contributed by atoms with E-state index in [-0.39, 0.29) is 18.0 Å². The molecule has 0 aliphatic rings. The lowest BCUT2D eigenvalue weighted by Gasteiger charge is -2.06. The molecule has 1 aromatic carbocycles. The van der Waals surface area contributed by atoms with E-state index in [1.54, 1.807) is 0 Å². The Balaban J connectivity index is 2.71. The number of hydrogen-bond donors (Lipinski definition) is 1. The molecule has 0 spiro atoms. The number of carbonyl (C=O) groups is 2. The minimum Gasteiger partial charge on any atom is -0.494 e. The van der Waals surface area contributed by atoms with Gasteiger partial charge in [0.1, 0.15) is 5.78 Å². The lowest BCUT2D eigenvalue weighted by Crippen LogP contribution is -2.14. The van der Waals surface area contributed by atoms with Gasteiger partial charge >= 0.3 is 0 Å². The van der Waals surface area contributed by atoms with Crippen LogP contribution >= 0.6 is 0 Å². The van der Waals surface area contributed by atoms with Crippen molar-refractivity contribution in [1.82, 2.24) is 0 Å². The van der Waals surface area contributed by atoms with Crippen molar-refractivity contribution in [2.24, 2.45) is 0 Å². The minimum absolute atomic E-state index is 0.101. The second-order valence-corrected chi connectivity index (χ2v) is 3.28. The summed E-state index contributed by atoms with van der Waals surface area (Å²) in [5.41, 5.74) is 0.296. The van der Waals surface area contributed by atoms with Gasteiger partial charge in [0.2, 0.25) is 5.91 Å². The maximum Gasteiger partial charge on any atom is 0.231 e. The van der Waals surface area contributed by atoms with Gasteiger partial charge in [-0.25, -0.2) is 4.39 Å². The van der Waals surface area contributed by atoms with Crippen molar-refractivity contribution >= 4 is 17.4 Å². The van der Waals surface area contributed by atoms with Crippen LogP contribution in [0.5, 0.6) is 5.75 Å². The fourth-order valence-corrected chi connectivity index (χ4v) is 1.18. The fraction of sp³-hybridized carbons (Fsp3) is 0.273. The SMILES string of the molecule is COc1ccc(NC(=O)CC(C)=O)cc1F. The highest BCUT2D eigenvalue weighted by Crippen LogP contribution is 2.20. The van der Waals surface area contributed by atoms with Crippen molar-refractivity contribution < 1.29 is 18.7 Å². The lowest BCUT2D eigenvalue weighted by molar-refractivity contribution is -0.124. The van der Waals surface area contributed by atoms with Crippen molar-refractivity contribution in [2.45, 2.75) is 13.3 Å². The van der Waals surface area contributed by atoms with Crippen LogP contribution in [-0.4, -0.2) is 18.8 Å². The number of hydrogen-bond acceptors (Lipinski definition) is 3. The molecular weight excluding hydrogens is 213 g/mol. The van der Waals surface area contributed by atoms with Gasteiger partial charge in [-0.15, -0.1) is 0 Å². The van der Waals surface area contributed by atoms with Gasteiger partial charge in [0, 0.05) is 11.8 Å². The van der Waals surface area contributed by atoms with Gasteiger partial charge in [-0.1, -0.05) is 0 Å². The molecule has 1 rings (SSSR count). The molecule has 0 atom stereocenters. The van der Waals surface area contributed by atoms with Gasteiger partial charge in [-0.3, -0.25) is 9.59 Å². The number of carbonyl (C=O) groups excluding carboxylic acids is 2. The van der Waals surface area contributed by atoms with E-state index in [1.165, 1.54) is 26.2 Å². The van der Waals surface area contributed by atoms with Gasteiger partial charge in [0.15, 0.2) is 11.6 Å². The Morgan fingerprint density at radius 2 is 2.12 bits per heavy atom. The zero-order chi connectivity index (χ0) is 12.1. The van der Waals surface area contributed by atoms with E-state index in [1.807, 2.05) is 0 Å². The summed E-state index contributed by atoms with van der Waals surface area (Å²) in [7, 11) is 1.35. The third kappa shape index (κ3) is 3.34. The summed E-state index contributed by atoms with van der Waals surface area (Å²) in [6.07, 6.45) is -0.215. The Morgan fingerprint density at radius 3 is 2.62 bits per heavy atom. The highest BCUT2D eigenvalue weighted by atomic mass is 19.1. The molecule has 1 N–H and O–H groups in total. The Labute approximate surface area is 92.4 Å². The predicted octanol–water partition coefficient (Wildman–Crippen LogP) is 1.75. The second kappa shape index (κ2) is 5.25. The first kappa shape index (κ1) is 12.2. The first-order chi connectivity index (χ1) is 7.52. The monoisotopic (exact) mass is 225 g/mol. The zero-order valence-corrected chi connectivity index (χ0v) is 9.04. The van der Waals surface area contributed by atoms with Gasteiger partial charge in [-0.2, -0.15) is 0 Å². The first-order valence-electron chi connectivity index (χ1n) is 4.65. The van der Waals surface area contributed by atoms with E-state index in [4.69, 9.17) is 4.74 Å². The number of nitrogens with one attached hydrogen (secondary N) is 1. The standard InChI is InChI=1S/C11H12FNO3/c1-7(14)5-11(15)13-8-3-4-10(16-2)9(12)6-8/h3-4,6H,5H2,1-2H3,(H,13,15). The Hall–Kier alpha value is -1.91. The molecule has 0 fully saturated rings. The van der Waals surface area contributed by atoms with Crippen molar-refractivity contribution in [2.75, 3.05) is 12.4 Å². The number of ketones is 1. The molecule has 0 radical (unpaired) electrons. The van der Waals surface area contributed by atoms with Crippen LogP contribution in [0.15, 0.2) is 18.2 Å². The number of benzene rings is 1. The van der Waals surface area contributed by atoms with Crippen LogP contribution in [0.4, 0.5) is 10.1 Å². The largest absolute Gasteiger partial charge is 0.494 e. The number of Topliss-reactive ketones (excluding diaryl/α,β-unsaturated/α-hetero) is 1. The Bertz CT molecular complexity index is 418. The van der Waals surface area contributed by atoms with E-state index < -0.39 is 11.7 Å². The fourth-order valence-electron chi connectivity index (χ4n) is 1.18. The average Bonchev–Trinajstić information content (AvgIpc) is 2.16. The second-order valence-electron chi connectivity index (χ2n) is 3.28. The van der Waals surface area contributed by atoms with E-state index in [2.05, 4.69) is 5.32 Å². The summed E-state index contributed by atoms with van der Waals surface area (Å²) in [6, 6.07) is 4.04. The molecule has 0 saturated carbocycles. The summed E-state index contributed by atoms with van der Waals surface area (Å²) in [4.78, 5) is 21.9. The van der Waals surface area contributed by atoms with Gasteiger partial charge in [0.05, 0.1) is 13.5 Å². The molecule has 0 saturated heterocycles. The first-order valence-corrected chi connectivity index (χ1v) is 4.65. The maximum atomic E-state index is 13.2.